The minimum Gasteiger partial charge on any atom is -0.493 e. The zero-order chi connectivity index (χ0) is 11.5. The molecule has 0 spiro atoms. The summed E-state index contributed by atoms with van der Waals surface area (Å²) in [6.07, 6.45) is 3.03. The Balaban J connectivity index is 2.34. The Morgan fingerprint density at radius 1 is 1.19 bits per heavy atom. The fourth-order valence-corrected chi connectivity index (χ4v) is 2.36. The first-order chi connectivity index (χ1) is 7.78. The van der Waals surface area contributed by atoms with Crippen LogP contribution in [0.2, 0.25) is 0 Å². The van der Waals surface area contributed by atoms with E-state index in [4.69, 9.17) is 21.3 Å². The van der Waals surface area contributed by atoms with Gasteiger partial charge in [-0.2, -0.15) is 0 Å². The number of methoxy groups -OCH3 is 2. The van der Waals surface area contributed by atoms with Crippen molar-refractivity contribution in [3.63, 3.8) is 0 Å². The lowest BCUT2D eigenvalue weighted by molar-refractivity contribution is 0.353. The van der Waals surface area contributed by atoms with Gasteiger partial charge in [-0.15, -0.1) is 0 Å². The average Bonchev–Trinajstić information content (AvgIpc) is 2.36. The normalized spacial score (nSPS) is 19.1. The quantitative estimate of drug-likeness (QED) is 0.824. The van der Waals surface area contributed by atoms with Crippen LogP contribution in [0.1, 0.15) is 17.5 Å². The monoisotopic (exact) mass is 241 g/mol. The smallest absolute Gasteiger partial charge is 0.161 e. The van der Waals surface area contributed by atoms with Gasteiger partial charge in [-0.05, 0) is 54.3 Å². The summed E-state index contributed by atoms with van der Waals surface area (Å²) < 4.78 is 10.6. The molecule has 0 aromatic heterocycles. The Labute approximate surface area is 101 Å². The van der Waals surface area contributed by atoms with Crippen molar-refractivity contribution in [2.24, 2.45) is 0 Å². The number of aryl methyl sites for hydroxylation is 1. The van der Waals surface area contributed by atoms with Crippen molar-refractivity contribution >= 4 is 11.8 Å². The minimum absolute atomic E-state index is 0.354. The molecule has 0 bridgehead atoms. The standard InChI is InChI=1S/C12H16ClNO2/c1-15-11-6-8-3-4-10(14-13)5-9(8)7-12(11)16-2/h6-7,10,14H,3-5H2,1-2H3. The Morgan fingerprint density at radius 2 is 1.81 bits per heavy atom. The topological polar surface area (TPSA) is 30.5 Å². The highest BCUT2D eigenvalue weighted by atomic mass is 35.5. The number of hydrogen-bond acceptors (Lipinski definition) is 3. The highest BCUT2D eigenvalue weighted by molar-refractivity contribution is 6.13. The summed E-state index contributed by atoms with van der Waals surface area (Å²) in [6, 6.07) is 4.47. The van der Waals surface area contributed by atoms with Gasteiger partial charge in [0.05, 0.1) is 14.2 Å². The van der Waals surface area contributed by atoms with Crippen LogP contribution in [0, 0.1) is 0 Å². The summed E-state index contributed by atoms with van der Waals surface area (Å²) >= 11 is 5.67. The highest BCUT2D eigenvalue weighted by Crippen LogP contribution is 2.34. The van der Waals surface area contributed by atoms with Crippen molar-refractivity contribution in [2.75, 3.05) is 14.2 Å². The summed E-state index contributed by atoms with van der Waals surface area (Å²) in [5, 5.41) is 0. The number of nitrogens with one attached hydrogen (secondary N) is 1. The Hall–Kier alpha value is -0.930. The maximum absolute atomic E-state index is 5.67. The SMILES string of the molecule is COc1cc2c(cc1OC)CC(NCl)CC2. The molecule has 1 aliphatic rings. The molecule has 88 valence electrons. The lowest BCUT2D eigenvalue weighted by Gasteiger charge is -2.24. The number of ether oxygens (including phenoxy) is 2. The van der Waals surface area contributed by atoms with E-state index in [0.717, 1.165) is 30.8 Å². The molecule has 4 heteroatoms. The van der Waals surface area contributed by atoms with Gasteiger partial charge in [0.1, 0.15) is 0 Å². The summed E-state index contributed by atoms with van der Waals surface area (Å²) in [5.41, 5.74) is 2.63. The molecule has 1 aliphatic carbocycles. The van der Waals surface area contributed by atoms with E-state index in [0.29, 0.717) is 6.04 Å². The molecule has 1 N–H and O–H groups in total. The van der Waals surface area contributed by atoms with Crippen LogP contribution >= 0.6 is 11.8 Å². The van der Waals surface area contributed by atoms with Gasteiger partial charge in [-0.25, -0.2) is 4.84 Å². The third-order valence-corrected chi connectivity index (χ3v) is 3.40. The highest BCUT2D eigenvalue weighted by Gasteiger charge is 2.20. The van der Waals surface area contributed by atoms with E-state index in [1.165, 1.54) is 11.1 Å². The molecule has 2 rings (SSSR count). The first kappa shape index (κ1) is 11.6. The Morgan fingerprint density at radius 3 is 2.38 bits per heavy atom. The van der Waals surface area contributed by atoms with Crippen LogP contribution in [-0.2, 0) is 12.8 Å². The lowest BCUT2D eigenvalue weighted by Crippen LogP contribution is -2.28. The number of halogens is 1. The number of fused-ring (bicyclic) bond motifs is 1. The first-order valence-corrected chi connectivity index (χ1v) is 5.76. The van der Waals surface area contributed by atoms with E-state index in [1.807, 2.05) is 0 Å². The van der Waals surface area contributed by atoms with E-state index in [1.54, 1.807) is 14.2 Å². The van der Waals surface area contributed by atoms with Gasteiger partial charge in [-0.1, -0.05) is 0 Å². The molecule has 16 heavy (non-hydrogen) atoms. The van der Waals surface area contributed by atoms with Gasteiger partial charge in [-0.3, -0.25) is 0 Å². The molecule has 1 aromatic carbocycles. The maximum Gasteiger partial charge on any atom is 0.161 e. The van der Waals surface area contributed by atoms with Crippen LogP contribution in [0.3, 0.4) is 0 Å². The second-order valence-corrected chi connectivity index (χ2v) is 4.24. The zero-order valence-corrected chi connectivity index (χ0v) is 10.3. The van der Waals surface area contributed by atoms with E-state index < -0.39 is 0 Å². The summed E-state index contributed by atoms with van der Waals surface area (Å²) in [6.45, 7) is 0. The molecule has 0 aliphatic heterocycles. The molecule has 3 nitrogen and oxygen atoms in total. The molecule has 1 aromatic rings. The van der Waals surface area contributed by atoms with Gasteiger partial charge in [0.15, 0.2) is 11.5 Å². The van der Waals surface area contributed by atoms with Gasteiger partial charge in [0.25, 0.3) is 0 Å². The van der Waals surface area contributed by atoms with Crippen molar-refractivity contribution in [3.8, 4) is 11.5 Å². The number of hydrogen-bond donors (Lipinski definition) is 1. The molecule has 0 radical (unpaired) electrons. The van der Waals surface area contributed by atoms with Crippen LogP contribution in [0.4, 0.5) is 0 Å². The van der Waals surface area contributed by atoms with Crippen molar-refractivity contribution in [2.45, 2.75) is 25.3 Å². The van der Waals surface area contributed by atoms with E-state index in [-0.39, 0.29) is 0 Å². The number of rotatable bonds is 3. The van der Waals surface area contributed by atoms with Gasteiger partial charge >= 0.3 is 0 Å². The van der Waals surface area contributed by atoms with Gasteiger partial charge in [0, 0.05) is 6.04 Å². The fraction of sp³-hybridized carbons (Fsp3) is 0.500. The van der Waals surface area contributed by atoms with Crippen molar-refractivity contribution in [1.29, 1.82) is 0 Å². The van der Waals surface area contributed by atoms with E-state index >= 15 is 0 Å². The average molecular weight is 242 g/mol. The van der Waals surface area contributed by atoms with Crippen molar-refractivity contribution in [1.82, 2.24) is 4.84 Å². The third kappa shape index (κ3) is 2.11. The molecule has 0 heterocycles. The second-order valence-electron chi connectivity index (χ2n) is 4.02. The zero-order valence-electron chi connectivity index (χ0n) is 9.55. The molecule has 1 unspecified atom stereocenters. The molecule has 0 fully saturated rings. The van der Waals surface area contributed by atoms with Crippen LogP contribution in [0.25, 0.3) is 0 Å². The molecule has 0 saturated carbocycles. The predicted octanol–water partition coefficient (Wildman–Crippen LogP) is 2.30. The molecule has 0 amide bonds. The largest absolute Gasteiger partial charge is 0.493 e. The second kappa shape index (κ2) is 4.93. The Bertz CT molecular complexity index is 382. The van der Waals surface area contributed by atoms with Crippen LogP contribution < -0.4 is 14.3 Å². The molecular formula is C12H16ClNO2. The van der Waals surface area contributed by atoms with Crippen LogP contribution in [0.15, 0.2) is 12.1 Å². The van der Waals surface area contributed by atoms with Gasteiger partial charge < -0.3 is 9.47 Å². The summed E-state index contributed by atoms with van der Waals surface area (Å²) in [5.74, 6) is 1.59. The van der Waals surface area contributed by atoms with Crippen molar-refractivity contribution in [3.05, 3.63) is 23.3 Å². The number of benzene rings is 1. The maximum atomic E-state index is 5.67. The Kier molecular flexibility index (Phi) is 3.56. The van der Waals surface area contributed by atoms with E-state index in [9.17, 15) is 0 Å². The predicted molar refractivity (Wildman–Crippen MR) is 64.3 cm³/mol. The third-order valence-electron chi connectivity index (χ3n) is 3.09. The molecule has 0 saturated heterocycles. The van der Waals surface area contributed by atoms with Crippen LogP contribution in [-0.4, -0.2) is 20.3 Å². The van der Waals surface area contributed by atoms with Crippen LogP contribution in [0.5, 0.6) is 11.5 Å². The molecular weight excluding hydrogens is 226 g/mol. The molecule has 1 atom stereocenters. The van der Waals surface area contributed by atoms with Gasteiger partial charge in [0.2, 0.25) is 0 Å². The minimum atomic E-state index is 0.354. The first-order valence-electron chi connectivity index (χ1n) is 5.38. The lowest BCUT2D eigenvalue weighted by atomic mass is 9.88. The van der Waals surface area contributed by atoms with Crippen molar-refractivity contribution < 1.29 is 9.47 Å². The summed E-state index contributed by atoms with van der Waals surface area (Å²) in [7, 11) is 3.32. The van der Waals surface area contributed by atoms with E-state index in [2.05, 4.69) is 17.0 Å². The fourth-order valence-electron chi connectivity index (χ4n) is 2.18. The summed E-state index contributed by atoms with van der Waals surface area (Å²) in [4.78, 5) is 2.81.